The fraction of sp³-hybridized carbons (Fsp3) is 0.467. The molecule has 0 aromatic carbocycles. The first-order valence-electron chi connectivity index (χ1n) is 6.92. The summed E-state index contributed by atoms with van der Waals surface area (Å²) in [5.41, 5.74) is 2.17. The summed E-state index contributed by atoms with van der Waals surface area (Å²) in [6.07, 6.45) is 2.85. The van der Waals surface area contributed by atoms with Crippen LogP contribution in [0.3, 0.4) is 0 Å². The second-order valence-corrected chi connectivity index (χ2v) is 6.98. The lowest BCUT2D eigenvalue weighted by Gasteiger charge is -2.25. The Morgan fingerprint density at radius 2 is 2.15 bits per heavy atom. The molecule has 4 nitrogen and oxygen atoms in total. The Kier molecular flexibility index (Phi) is 3.32. The Labute approximate surface area is 127 Å². The van der Waals surface area contributed by atoms with Gasteiger partial charge in [-0.1, -0.05) is 26.8 Å². The van der Waals surface area contributed by atoms with Crippen molar-refractivity contribution in [3.05, 3.63) is 40.3 Å². The minimum atomic E-state index is 0.0134. The topological polar surface area (TPSA) is 42.7 Å². The maximum absolute atomic E-state index is 4.85. The van der Waals surface area contributed by atoms with Crippen molar-refractivity contribution in [3.63, 3.8) is 0 Å². The van der Waals surface area contributed by atoms with E-state index < -0.39 is 0 Å². The third kappa shape index (κ3) is 2.24. The van der Waals surface area contributed by atoms with Gasteiger partial charge in [0.1, 0.15) is 5.82 Å². The van der Waals surface area contributed by atoms with Gasteiger partial charge in [0.05, 0.1) is 21.9 Å². The maximum Gasteiger partial charge on any atom is 0.139 e. The summed E-state index contributed by atoms with van der Waals surface area (Å²) < 4.78 is 3.15. The first-order chi connectivity index (χ1) is 9.48. The van der Waals surface area contributed by atoms with Gasteiger partial charge in [0.2, 0.25) is 0 Å². The molecule has 1 aliphatic rings. The molecule has 2 aromatic rings. The fourth-order valence-corrected chi connectivity index (χ4v) is 3.57. The van der Waals surface area contributed by atoms with Gasteiger partial charge in [0.15, 0.2) is 0 Å². The number of nitrogens with zero attached hydrogens (tertiary/aromatic N) is 3. The number of halogens is 1. The lowest BCUT2D eigenvalue weighted by Crippen LogP contribution is -2.25. The molecule has 106 valence electrons. The number of aromatic nitrogens is 3. The Hall–Kier alpha value is -1.36. The summed E-state index contributed by atoms with van der Waals surface area (Å²) in [5.74, 6) is 1.07. The van der Waals surface area contributed by atoms with E-state index in [1.807, 2.05) is 18.3 Å². The van der Waals surface area contributed by atoms with Crippen LogP contribution in [0.15, 0.2) is 28.9 Å². The first kappa shape index (κ1) is 13.6. The predicted octanol–water partition coefficient (Wildman–Crippen LogP) is 3.74. The molecule has 3 rings (SSSR count). The average Bonchev–Trinajstić information content (AvgIpc) is 2.77. The van der Waals surface area contributed by atoms with Crippen molar-refractivity contribution in [2.75, 3.05) is 11.9 Å². The van der Waals surface area contributed by atoms with E-state index in [0.29, 0.717) is 0 Å². The number of nitrogens with one attached hydrogen (secondary N) is 1. The number of hydrogen-bond donors (Lipinski definition) is 1. The minimum absolute atomic E-state index is 0.0134. The van der Waals surface area contributed by atoms with Crippen LogP contribution in [-0.4, -0.2) is 21.3 Å². The van der Waals surface area contributed by atoms with Gasteiger partial charge in [-0.05, 0) is 34.5 Å². The highest BCUT2D eigenvalue weighted by Gasteiger charge is 2.31. The van der Waals surface area contributed by atoms with Crippen LogP contribution in [0.2, 0.25) is 0 Å². The number of hydrogen-bond acceptors (Lipinski definition) is 3. The number of fused-ring (bicyclic) bond motifs is 1. The van der Waals surface area contributed by atoms with Crippen LogP contribution < -0.4 is 5.32 Å². The van der Waals surface area contributed by atoms with Gasteiger partial charge >= 0.3 is 0 Å². The molecule has 1 unspecified atom stereocenters. The largest absolute Gasteiger partial charge is 0.369 e. The van der Waals surface area contributed by atoms with Crippen molar-refractivity contribution < 1.29 is 0 Å². The van der Waals surface area contributed by atoms with Gasteiger partial charge in [-0.3, -0.25) is 4.98 Å². The number of anilines is 1. The minimum Gasteiger partial charge on any atom is -0.369 e. The van der Waals surface area contributed by atoms with Crippen molar-refractivity contribution in [3.8, 4) is 0 Å². The van der Waals surface area contributed by atoms with E-state index >= 15 is 0 Å². The highest BCUT2D eigenvalue weighted by Crippen LogP contribution is 2.39. The molecule has 0 amide bonds. The van der Waals surface area contributed by atoms with Crippen molar-refractivity contribution in [2.45, 2.75) is 38.6 Å². The molecule has 0 spiro atoms. The Balaban J connectivity index is 2.10. The van der Waals surface area contributed by atoms with Crippen LogP contribution in [0.5, 0.6) is 0 Å². The van der Waals surface area contributed by atoms with E-state index in [9.17, 15) is 0 Å². The molecule has 0 fully saturated rings. The summed E-state index contributed by atoms with van der Waals surface area (Å²) in [7, 11) is 0. The zero-order chi connectivity index (χ0) is 14.3. The van der Waals surface area contributed by atoms with Gasteiger partial charge in [-0.2, -0.15) is 5.10 Å². The van der Waals surface area contributed by atoms with Crippen molar-refractivity contribution in [1.29, 1.82) is 0 Å². The molecule has 1 N–H and O–H groups in total. The molecule has 0 saturated heterocycles. The summed E-state index contributed by atoms with van der Waals surface area (Å²) >= 11 is 3.71. The normalized spacial score (nSPS) is 18.5. The van der Waals surface area contributed by atoms with Gasteiger partial charge in [0, 0.05) is 18.2 Å². The van der Waals surface area contributed by atoms with E-state index in [1.165, 1.54) is 0 Å². The van der Waals surface area contributed by atoms with Crippen molar-refractivity contribution in [2.24, 2.45) is 0 Å². The smallest absolute Gasteiger partial charge is 0.139 e. The van der Waals surface area contributed by atoms with E-state index in [-0.39, 0.29) is 11.5 Å². The number of pyridine rings is 1. The van der Waals surface area contributed by atoms with E-state index in [2.05, 4.69) is 57.8 Å². The van der Waals surface area contributed by atoms with Gasteiger partial charge in [-0.15, -0.1) is 0 Å². The monoisotopic (exact) mass is 334 g/mol. The molecule has 0 aliphatic carbocycles. The molecule has 3 heterocycles. The van der Waals surface area contributed by atoms with Crippen LogP contribution in [0, 0.1) is 0 Å². The molecule has 0 radical (unpaired) electrons. The fourth-order valence-electron chi connectivity index (χ4n) is 2.57. The highest BCUT2D eigenvalue weighted by atomic mass is 79.9. The zero-order valence-corrected chi connectivity index (χ0v) is 13.6. The SMILES string of the molecule is CC(C)(C)c1nn2c(c1Br)NCCC2c1ccccn1. The first-order valence-corrected chi connectivity index (χ1v) is 7.71. The summed E-state index contributed by atoms with van der Waals surface area (Å²) in [4.78, 5) is 4.50. The summed E-state index contributed by atoms with van der Waals surface area (Å²) in [6, 6.07) is 6.27. The molecule has 2 aromatic heterocycles. The quantitative estimate of drug-likeness (QED) is 0.863. The molecule has 1 aliphatic heterocycles. The van der Waals surface area contributed by atoms with Crippen molar-refractivity contribution in [1.82, 2.24) is 14.8 Å². The summed E-state index contributed by atoms with van der Waals surface area (Å²) in [5, 5.41) is 8.30. The second-order valence-electron chi connectivity index (χ2n) is 6.19. The van der Waals surface area contributed by atoms with Gasteiger partial charge in [-0.25, -0.2) is 4.68 Å². The van der Waals surface area contributed by atoms with Crippen LogP contribution in [0.25, 0.3) is 0 Å². The lowest BCUT2D eigenvalue weighted by atomic mass is 9.92. The number of rotatable bonds is 1. The van der Waals surface area contributed by atoms with Crippen LogP contribution in [0.4, 0.5) is 5.82 Å². The predicted molar refractivity (Wildman–Crippen MR) is 84.1 cm³/mol. The third-order valence-corrected chi connectivity index (χ3v) is 4.35. The Bertz CT molecular complexity index is 613. The van der Waals surface area contributed by atoms with Crippen LogP contribution in [-0.2, 0) is 5.41 Å². The van der Waals surface area contributed by atoms with E-state index in [4.69, 9.17) is 5.10 Å². The molecule has 5 heteroatoms. The third-order valence-electron chi connectivity index (χ3n) is 3.60. The van der Waals surface area contributed by atoms with Crippen LogP contribution >= 0.6 is 15.9 Å². The average molecular weight is 335 g/mol. The van der Waals surface area contributed by atoms with E-state index in [0.717, 1.165) is 34.6 Å². The molecule has 1 atom stereocenters. The molecule has 20 heavy (non-hydrogen) atoms. The molecular weight excluding hydrogens is 316 g/mol. The molecule has 0 saturated carbocycles. The van der Waals surface area contributed by atoms with Gasteiger partial charge < -0.3 is 5.32 Å². The second kappa shape index (κ2) is 4.88. The van der Waals surface area contributed by atoms with Gasteiger partial charge in [0.25, 0.3) is 0 Å². The standard InChI is InChI=1S/C15H19BrN4/c1-15(2,3)13-12(16)14-18-9-7-11(20(14)19-13)10-6-4-5-8-17-10/h4-6,8,11,18H,7,9H2,1-3H3. The lowest BCUT2D eigenvalue weighted by molar-refractivity contribution is 0.454. The van der Waals surface area contributed by atoms with E-state index in [1.54, 1.807) is 0 Å². The highest BCUT2D eigenvalue weighted by molar-refractivity contribution is 9.10. The summed E-state index contributed by atoms with van der Waals surface area (Å²) in [6.45, 7) is 7.49. The maximum atomic E-state index is 4.85. The van der Waals surface area contributed by atoms with Crippen LogP contribution in [0.1, 0.15) is 44.6 Å². The molecule has 0 bridgehead atoms. The zero-order valence-electron chi connectivity index (χ0n) is 12.0. The van der Waals surface area contributed by atoms with Crippen molar-refractivity contribution >= 4 is 21.7 Å². The Morgan fingerprint density at radius 3 is 2.80 bits per heavy atom. The Morgan fingerprint density at radius 1 is 1.35 bits per heavy atom. The molecular formula is C15H19BrN4.